The Hall–Kier alpha value is -1.07. The molecule has 0 aromatic rings. The van der Waals surface area contributed by atoms with Crippen molar-refractivity contribution in [2.24, 2.45) is 0 Å². The first-order chi connectivity index (χ1) is 21.5. The van der Waals surface area contributed by atoms with Gasteiger partial charge in [-0.15, -0.1) is 0 Å². The maximum Gasteiger partial charge on any atom is 0.303 e. The van der Waals surface area contributed by atoms with Gasteiger partial charge in [0.2, 0.25) is 0 Å². The van der Waals surface area contributed by atoms with E-state index in [0.29, 0.717) is 12.8 Å². The van der Waals surface area contributed by atoms with Crippen molar-refractivity contribution in [2.75, 3.05) is 0 Å². The van der Waals surface area contributed by atoms with Crippen LogP contribution >= 0.6 is 0 Å². The molecule has 0 amide bonds. The van der Waals surface area contributed by atoms with Gasteiger partial charge in [0.1, 0.15) is 0 Å². The number of allylic oxidation sites excluding steroid dienone is 4. The van der Waals surface area contributed by atoms with E-state index >= 15 is 0 Å². The smallest absolute Gasteiger partial charge is 0.303 e. The van der Waals surface area contributed by atoms with Crippen LogP contribution in [0.5, 0.6) is 0 Å². The molecular weight excluding hydrogens is 603 g/mol. The number of carboxylic acid groups (broad SMARTS) is 2. The van der Waals surface area contributed by atoms with Crippen LogP contribution in [0.4, 0.5) is 0 Å². The van der Waals surface area contributed by atoms with Gasteiger partial charge in [0.15, 0.2) is 0 Å². The summed E-state index contributed by atoms with van der Waals surface area (Å²) in [5, 5.41) is 17.1. The van der Waals surface area contributed by atoms with Crippen molar-refractivity contribution < 1.29 is 36.6 Å². The molecule has 0 rings (SSSR count). The van der Waals surface area contributed by atoms with Crippen molar-refractivity contribution in [3.05, 3.63) is 24.3 Å². The molecule has 0 heterocycles. The second-order valence-electron chi connectivity index (χ2n) is 12.9. The summed E-state index contributed by atoms with van der Waals surface area (Å²) in [7, 11) is 0. The Bertz CT molecular complexity index is 578. The van der Waals surface area contributed by atoms with Crippen LogP contribution in [0.15, 0.2) is 24.3 Å². The Morgan fingerprint density at radius 3 is 0.778 bits per heavy atom. The van der Waals surface area contributed by atoms with Gasteiger partial charge in [0.25, 0.3) is 0 Å². The van der Waals surface area contributed by atoms with Crippen LogP contribution in [0.2, 0.25) is 0 Å². The fraction of sp³-hybridized carbons (Fsp3) is 0.850. The van der Waals surface area contributed by atoms with E-state index in [-0.39, 0.29) is 16.8 Å². The summed E-state index contributed by atoms with van der Waals surface area (Å²) >= 11 is 0. The monoisotopic (exact) mass is 680 g/mol. The summed E-state index contributed by atoms with van der Waals surface area (Å²) in [4.78, 5) is 20.7. The number of carboxylic acids is 2. The molecule has 0 aliphatic carbocycles. The van der Waals surface area contributed by atoms with Crippen LogP contribution in [0.1, 0.15) is 219 Å². The summed E-state index contributed by atoms with van der Waals surface area (Å²) in [5.74, 6) is -1.33. The summed E-state index contributed by atoms with van der Waals surface area (Å²) in [5.41, 5.74) is 0. The zero-order valence-electron chi connectivity index (χ0n) is 30.0. The van der Waals surface area contributed by atoms with Gasteiger partial charge in [-0.1, -0.05) is 167 Å². The summed E-state index contributed by atoms with van der Waals surface area (Å²) < 4.78 is 0. The van der Waals surface area contributed by atoms with Crippen molar-refractivity contribution in [3.63, 3.8) is 0 Å². The SMILES string of the molecule is CCCCCCCCCC/C=C\CCCCCCCC(=O)O.CCCCCCCCCC/C=C\CCCCCCCC(=O)O.[Co]. The van der Waals surface area contributed by atoms with Crippen LogP contribution in [0, 0.1) is 0 Å². The minimum absolute atomic E-state index is 0. The molecule has 0 bridgehead atoms. The number of hydrogen-bond donors (Lipinski definition) is 2. The molecule has 0 atom stereocenters. The third-order valence-corrected chi connectivity index (χ3v) is 8.30. The van der Waals surface area contributed by atoms with E-state index in [4.69, 9.17) is 10.2 Å². The molecule has 2 N–H and O–H groups in total. The molecule has 1 radical (unpaired) electrons. The van der Waals surface area contributed by atoms with Gasteiger partial charge in [-0.2, -0.15) is 0 Å². The van der Waals surface area contributed by atoms with Gasteiger partial charge >= 0.3 is 11.9 Å². The molecule has 45 heavy (non-hydrogen) atoms. The van der Waals surface area contributed by atoms with Gasteiger partial charge in [0.05, 0.1) is 0 Å². The van der Waals surface area contributed by atoms with Gasteiger partial charge in [-0.05, 0) is 64.2 Å². The number of hydrogen-bond acceptors (Lipinski definition) is 2. The van der Waals surface area contributed by atoms with Crippen LogP contribution in [-0.4, -0.2) is 22.2 Å². The largest absolute Gasteiger partial charge is 0.481 e. The summed E-state index contributed by atoms with van der Waals surface area (Å²) in [6.07, 6.45) is 48.4. The van der Waals surface area contributed by atoms with Crippen molar-refractivity contribution in [1.82, 2.24) is 0 Å². The molecule has 0 spiro atoms. The topological polar surface area (TPSA) is 74.6 Å². The van der Waals surface area contributed by atoms with Crippen LogP contribution < -0.4 is 0 Å². The number of aliphatic carboxylic acids is 2. The van der Waals surface area contributed by atoms with Crippen LogP contribution in [0.3, 0.4) is 0 Å². The van der Waals surface area contributed by atoms with Crippen molar-refractivity contribution >= 4 is 11.9 Å². The zero-order valence-corrected chi connectivity index (χ0v) is 31.0. The van der Waals surface area contributed by atoms with E-state index < -0.39 is 11.9 Å². The molecular formula is C40H76CoO4. The van der Waals surface area contributed by atoms with Gasteiger partial charge < -0.3 is 10.2 Å². The molecule has 5 heteroatoms. The predicted molar refractivity (Wildman–Crippen MR) is 193 cm³/mol. The van der Waals surface area contributed by atoms with Crippen molar-refractivity contribution in [1.29, 1.82) is 0 Å². The van der Waals surface area contributed by atoms with E-state index in [2.05, 4.69) is 38.2 Å². The second-order valence-corrected chi connectivity index (χ2v) is 12.9. The Labute approximate surface area is 291 Å². The maximum absolute atomic E-state index is 10.4. The van der Waals surface area contributed by atoms with E-state index in [1.54, 1.807) is 0 Å². The molecule has 0 aromatic carbocycles. The molecule has 269 valence electrons. The Morgan fingerprint density at radius 1 is 0.356 bits per heavy atom. The first-order valence-electron chi connectivity index (χ1n) is 19.3. The third kappa shape index (κ3) is 52.7. The first-order valence-corrected chi connectivity index (χ1v) is 19.3. The average molecular weight is 680 g/mol. The third-order valence-electron chi connectivity index (χ3n) is 8.30. The van der Waals surface area contributed by atoms with Crippen molar-refractivity contribution in [3.8, 4) is 0 Å². The van der Waals surface area contributed by atoms with Crippen LogP contribution in [0.25, 0.3) is 0 Å². The second kappa shape index (κ2) is 45.0. The van der Waals surface area contributed by atoms with E-state index in [1.807, 2.05) is 0 Å². The Morgan fingerprint density at radius 2 is 0.556 bits per heavy atom. The van der Waals surface area contributed by atoms with Crippen LogP contribution in [-0.2, 0) is 26.4 Å². The normalized spacial score (nSPS) is 11.1. The molecule has 0 unspecified atom stereocenters. The van der Waals surface area contributed by atoms with Crippen molar-refractivity contribution in [2.45, 2.75) is 219 Å². The first kappa shape index (κ1) is 48.3. The fourth-order valence-electron chi connectivity index (χ4n) is 5.40. The standard InChI is InChI=1S/2C20H38O2.Co/c2*1-2-3-4-5-6-7-8-9-10-11-12-13-14-15-16-17-18-19-20(21)22;/h2*11-12H,2-10,13-19H2,1H3,(H,21,22);/b2*12-11-;. The van der Waals surface area contributed by atoms with E-state index in [0.717, 1.165) is 25.7 Å². The zero-order chi connectivity index (χ0) is 32.6. The van der Waals surface area contributed by atoms with E-state index in [9.17, 15) is 9.59 Å². The molecule has 0 aromatic heterocycles. The maximum atomic E-state index is 10.4. The summed E-state index contributed by atoms with van der Waals surface area (Å²) in [6.45, 7) is 4.54. The average Bonchev–Trinajstić information content (AvgIpc) is 3.00. The van der Waals surface area contributed by atoms with Gasteiger partial charge in [0, 0.05) is 29.6 Å². The Kier molecular flexibility index (Phi) is 48.4. The molecule has 4 nitrogen and oxygen atoms in total. The predicted octanol–water partition coefficient (Wildman–Crippen LogP) is 13.8. The fourth-order valence-corrected chi connectivity index (χ4v) is 5.40. The molecule has 0 saturated heterocycles. The number of unbranched alkanes of at least 4 members (excludes halogenated alkanes) is 26. The Balaban J connectivity index is -0.000000767. The summed E-state index contributed by atoms with van der Waals surface area (Å²) in [6, 6.07) is 0. The molecule has 0 fully saturated rings. The minimum atomic E-state index is -0.663. The van der Waals surface area contributed by atoms with Gasteiger partial charge in [-0.3, -0.25) is 9.59 Å². The number of rotatable bonds is 34. The van der Waals surface area contributed by atoms with Gasteiger partial charge in [-0.25, -0.2) is 0 Å². The van der Waals surface area contributed by atoms with E-state index in [1.165, 1.54) is 167 Å². The molecule has 0 saturated carbocycles. The minimum Gasteiger partial charge on any atom is -0.481 e. The molecule has 0 aliphatic rings. The quantitative estimate of drug-likeness (QED) is 0.0524. The number of carbonyl (C=O) groups is 2. The molecule has 0 aliphatic heterocycles.